The normalized spacial score (nSPS) is 13.5. The lowest BCUT2D eigenvalue weighted by atomic mass is 9.93. The quantitative estimate of drug-likeness (QED) is 0.583. The van der Waals surface area contributed by atoms with Crippen LogP contribution in [0.4, 0.5) is 0 Å². The lowest BCUT2D eigenvalue weighted by Crippen LogP contribution is -2.33. The smallest absolute Gasteiger partial charge is 0.0898 e. The van der Waals surface area contributed by atoms with Crippen LogP contribution in [0.5, 0.6) is 0 Å². The molecule has 0 amide bonds. The zero-order valence-electron chi connectivity index (χ0n) is 9.08. The van der Waals surface area contributed by atoms with Gasteiger partial charge in [0.1, 0.15) is 0 Å². The molecule has 0 radical (unpaired) electrons. The summed E-state index contributed by atoms with van der Waals surface area (Å²) in [6.07, 6.45) is 2.25. The van der Waals surface area contributed by atoms with Crippen molar-refractivity contribution in [3.8, 4) is 0 Å². The number of hydrogen-bond donors (Lipinski definition) is 2. The second-order valence-electron chi connectivity index (χ2n) is 3.51. The fourth-order valence-corrected chi connectivity index (χ4v) is 2.39. The molecule has 1 aromatic heterocycles. The minimum absolute atomic E-state index is 0.204. The monoisotopic (exact) mass is 213 g/mol. The molecule has 1 aromatic rings. The van der Waals surface area contributed by atoms with Gasteiger partial charge in [-0.15, -0.1) is 11.3 Å². The van der Waals surface area contributed by atoms with Crippen LogP contribution in [-0.2, 0) is 0 Å². The SMILES string of the molecule is CCC(CC)C(NN)c1csc(C)n1. The Bertz CT molecular complexity index is 268. The van der Waals surface area contributed by atoms with Crippen LogP contribution < -0.4 is 11.3 Å². The third kappa shape index (κ3) is 2.53. The van der Waals surface area contributed by atoms with Gasteiger partial charge >= 0.3 is 0 Å². The number of nitrogens with two attached hydrogens (primary N) is 1. The molecular weight excluding hydrogens is 194 g/mol. The summed E-state index contributed by atoms with van der Waals surface area (Å²) < 4.78 is 0. The first kappa shape index (κ1) is 11.6. The van der Waals surface area contributed by atoms with E-state index in [0.29, 0.717) is 5.92 Å². The van der Waals surface area contributed by atoms with Gasteiger partial charge in [-0.2, -0.15) is 0 Å². The molecular formula is C10H19N3S. The van der Waals surface area contributed by atoms with Crippen molar-refractivity contribution in [3.63, 3.8) is 0 Å². The van der Waals surface area contributed by atoms with E-state index < -0.39 is 0 Å². The molecule has 0 aliphatic carbocycles. The maximum Gasteiger partial charge on any atom is 0.0898 e. The summed E-state index contributed by atoms with van der Waals surface area (Å²) in [5.41, 5.74) is 3.96. The van der Waals surface area contributed by atoms with E-state index in [2.05, 4.69) is 29.6 Å². The van der Waals surface area contributed by atoms with E-state index in [4.69, 9.17) is 5.84 Å². The summed E-state index contributed by atoms with van der Waals surface area (Å²) in [5, 5.41) is 3.20. The number of hydrogen-bond acceptors (Lipinski definition) is 4. The Morgan fingerprint density at radius 3 is 2.50 bits per heavy atom. The van der Waals surface area contributed by atoms with Crippen molar-refractivity contribution in [2.75, 3.05) is 0 Å². The molecule has 0 saturated carbocycles. The largest absolute Gasteiger partial charge is 0.271 e. The predicted octanol–water partition coefficient (Wildman–Crippen LogP) is 2.39. The molecule has 4 heteroatoms. The van der Waals surface area contributed by atoms with Crippen LogP contribution in [0.25, 0.3) is 0 Å². The highest BCUT2D eigenvalue weighted by Crippen LogP contribution is 2.27. The Morgan fingerprint density at radius 1 is 1.50 bits per heavy atom. The lowest BCUT2D eigenvalue weighted by Gasteiger charge is -2.22. The molecule has 3 N–H and O–H groups in total. The van der Waals surface area contributed by atoms with Crippen molar-refractivity contribution < 1.29 is 0 Å². The first-order chi connectivity index (χ1) is 6.72. The number of nitrogens with one attached hydrogen (secondary N) is 1. The molecule has 0 saturated heterocycles. The van der Waals surface area contributed by atoms with E-state index >= 15 is 0 Å². The minimum atomic E-state index is 0.204. The fraction of sp³-hybridized carbons (Fsp3) is 0.700. The van der Waals surface area contributed by atoms with Gasteiger partial charge in [-0.3, -0.25) is 11.3 Å². The highest BCUT2D eigenvalue weighted by Gasteiger charge is 2.20. The average molecular weight is 213 g/mol. The number of rotatable bonds is 5. The van der Waals surface area contributed by atoms with Gasteiger partial charge in [0.2, 0.25) is 0 Å². The van der Waals surface area contributed by atoms with E-state index in [9.17, 15) is 0 Å². The maximum absolute atomic E-state index is 5.58. The van der Waals surface area contributed by atoms with Gasteiger partial charge in [0.15, 0.2) is 0 Å². The summed E-state index contributed by atoms with van der Waals surface area (Å²) in [7, 11) is 0. The average Bonchev–Trinajstić information content (AvgIpc) is 2.60. The van der Waals surface area contributed by atoms with Crippen LogP contribution in [0.3, 0.4) is 0 Å². The van der Waals surface area contributed by atoms with Gasteiger partial charge in [-0.05, 0) is 12.8 Å². The molecule has 80 valence electrons. The Labute approximate surface area is 89.7 Å². The zero-order valence-corrected chi connectivity index (χ0v) is 9.90. The maximum atomic E-state index is 5.58. The van der Waals surface area contributed by atoms with Crippen LogP contribution in [-0.4, -0.2) is 4.98 Å². The second-order valence-corrected chi connectivity index (χ2v) is 4.57. The van der Waals surface area contributed by atoms with Gasteiger partial charge in [0.05, 0.1) is 16.7 Å². The molecule has 1 rings (SSSR count). The molecule has 1 heterocycles. The van der Waals surface area contributed by atoms with Crippen LogP contribution in [0.2, 0.25) is 0 Å². The van der Waals surface area contributed by atoms with Crippen LogP contribution in [0.15, 0.2) is 5.38 Å². The number of aromatic nitrogens is 1. The Hall–Kier alpha value is -0.450. The van der Waals surface area contributed by atoms with E-state index in [1.165, 1.54) is 0 Å². The van der Waals surface area contributed by atoms with Crippen LogP contribution >= 0.6 is 11.3 Å². The molecule has 0 aliphatic rings. The molecule has 0 fully saturated rings. The minimum Gasteiger partial charge on any atom is -0.271 e. The van der Waals surface area contributed by atoms with Crippen molar-refractivity contribution in [1.29, 1.82) is 0 Å². The molecule has 1 atom stereocenters. The topological polar surface area (TPSA) is 50.9 Å². The fourth-order valence-electron chi connectivity index (χ4n) is 1.75. The van der Waals surface area contributed by atoms with Gasteiger partial charge in [-0.1, -0.05) is 26.7 Å². The molecule has 14 heavy (non-hydrogen) atoms. The summed E-state index contributed by atoms with van der Waals surface area (Å²) in [4.78, 5) is 4.47. The Morgan fingerprint density at radius 2 is 2.14 bits per heavy atom. The van der Waals surface area contributed by atoms with Gasteiger partial charge in [-0.25, -0.2) is 4.98 Å². The van der Waals surface area contributed by atoms with Crippen LogP contribution in [0.1, 0.15) is 43.4 Å². The van der Waals surface area contributed by atoms with Gasteiger partial charge in [0, 0.05) is 5.38 Å². The van der Waals surface area contributed by atoms with Crippen molar-refractivity contribution in [2.45, 2.75) is 39.7 Å². The van der Waals surface area contributed by atoms with E-state index in [-0.39, 0.29) is 6.04 Å². The van der Waals surface area contributed by atoms with Crippen molar-refractivity contribution in [2.24, 2.45) is 11.8 Å². The molecule has 0 aromatic carbocycles. The number of nitrogens with zero attached hydrogens (tertiary/aromatic N) is 1. The lowest BCUT2D eigenvalue weighted by molar-refractivity contribution is 0.340. The first-order valence-corrected chi connectivity index (χ1v) is 5.99. The Balaban J connectivity index is 2.80. The molecule has 1 unspecified atom stereocenters. The van der Waals surface area contributed by atoms with E-state index in [1.807, 2.05) is 6.92 Å². The van der Waals surface area contributed by atoms with E-state index in [1.54, 1.807) is 11.3 Å². The standard InChI is InChI=1S/C10H19N3S/c1-4-8(5-2)10(13-11)9-6-14-7(3)12-9/h6,8,10,13H,4-5,11H2,1-3H3. The summed E-state index contributed by atoms with van der Waals surface area (Å²) in [6, 6.07) is 0.204. The van der Waals surface area contributed by atoms with Gasteiger partial charge in [0.25, 0.3) is 0 Å². The van der Waals surface area contributed by atoms with Crippen LogP contribution in [0, 0.1) is 12.8 Å². The summed E-state index contributed by atoms with van der Waals surface area (Å²) in [6.45, 7) is 6.41. The van der Waals surface area contributed by atoms with Gasteiger partial charge < -0.3 is 0 Å². The second kappa shape index (κ2) is 5.44. The molecule has 0 bridgehead atoms. The van der Waals surface area contributed by atoms with E-state index in [0.717, 1.165) is 23.5 Å². The molecule has 3 nitrogen and oxygen atoms in total. The third-order valence-electron chi connectivity index (χ3n) is 2.66. The van der Waals surface area contributed by atoms with Crippen molar-refractivity contribution in [1.82, 2.24) is 10.4 Å². The summed E-state index contributed by atoms with van der Waals surface area (Å²) >= 11 is 1.68. The molecule has 0 spiro atoms. The Kier molecular flexibility index (Phi) is 4.51. The zero-order chi connectivity index (χ0) is 10.6. The van der Waals surface area contributed by atoms with Crippen molar-refractivity contribution >= 4 is 11.3 Å². The summed E-state index contributed by atoms with van der Waals surface area (Å²) in [5.74, 6) is 6.15. The highest BCUT2D eigenvalue weighted by molar-refractivity contribution is 7.09. The predicted molar refractivity (Wildman–Crippen MR) is 61.0 cm³/mol. The number of hydrazine groups is 1. The number of thiazole rings is 1. The first-order valence-electron chi connectivity index (χ1n) is 5.11. The van der Waals surface area contributed by atoms with Crippen molar-refractivity contribution in [3.05, 3.63) is 16.1 Å². The third-order valence-corrected chi connectivity index (χ3v) is 3.45. The number of aryl methyl sites for hydroxylation is 1. The highest BCUT2D eigenvalue weighted by atomic mass is 32.1. The molecule has 0 aliphatic heterocycles.